The number of methoxy groups -OCH3 is 1. The van der Waals surface area contributed by atoms with Crippen molar-refractivity contribution >= 4 is 22.2 Å². The lowest BCUT2D eigenvalue weighted by molar-refractivity contribution is -0.132. The maximum Gasteiger partial charge on any atom is 0.234 e. The van der Waals surface area contributed by atoms with E-state index in [1.54, 1.807) is 30.6 Å². The monoisotopic (exact) mass is 513 g/mol. The second-order valence-corrected chi connectivity index (χ2v) is 9.67. The van der Waals surface area contributed by atoms with E-state index in [-0.39, 0.29) is 17.6 Å². The normalized spacial score (nSPS) is 11.3. The zero-order valence-corrected chi connectivity index (χ0v) is 21.4. The number of ether oxygens (including phenoxy) is 1. The van der Waals surface area contributed by atoms with Gasteiger partial charge in [-0.3, -0.25) is 9.20 Å². The summed E-state index contributed by atoms with van der Waals surface area (Å²) in [5.41, 5.74) is 4.68. The highest BCUT2D eigenvalue weighted by Gasteiger charge is 2.27. The average Bonchev–Trinajstić information content (AvgIpc) is 3.52. The number of amides is 1. The molecule has 37 heavy (non-hydrogen) atoms. The van der Waals surface area contributed by atoms with E-state index >= 15 is 0 Å². The second-order valence-electron chi connectivity index (χ2n) is 8.84. The number of benzene rings is 3. The summed E-state index contributed by atoms with van der Waals surface area (Å²) < 4.78 is 20.8. The van der Waals surface area contributed by atoms with Crippen molar-refractivity contribution in [2.24, 2.45) is 0 Å². The van der Waals surface area contributed by atoms with Gasteiger partial charge in [-0.05, 0) is 35.4 Å². The van der Waals surface area contributed by atoms with Crippen LogP contribution in [0.3, 0.4) is 0 Å². The molecule has 3 aromatic carbocycles. The molecule has 0 radical (unpaired) electrons. The number of imidazole rings is 1. The van der Waals surface area contributed by atoms with Crippen LogP contribution >= 0.6 is 11.3 Å². The standard InChI is InChI=1S/C30H28FN3O2S/c1-36-19-18-33(29(35)28(23-8-4-2-5-9-23)24-10-6-3-7-11-24)17-16-26-21-37-30-32-27(20-34(26)30)22-12-14-25(31)15-13-22/h2-15,20-21,28H,16-19H2,1H3. The summed E-state index contributed by atoms with van der Waals surface area (Å²) in [7, 11) is 1.65. The fourth-order valence-electron chi connectivity index (χ4n) is 4.50. The number of nitrogens with zero attached hydrogens (tertiary/aromatic N) is 3. The summed E-state index contributed by atoms with van der Waals surface area (Å²) in [4.78, 5) is 21.5. The van der Waals surface area contributed by atoms with Gasteiger partial charge in [0.15, 0.2) is 4.96 Å². The van der Waals surface area contributed by atoms with Gasteiger partial charge in [0.1, 0.15) is 5.82 Å². The minimum Gasteiger partial charge on any atom is -0.383 e. The molecule has 5 aromatic rings. The van der Waals surface area contributed by atoms with Crippen LogP contribution in [0.1, 0.15) is 22.7 Å². The summed E-state index contributed by atoms with van der Waals surface area (Å²) in [5.74, 6) is -0.603. The molecule has 0 fully saturated rings. The summed E-state index contributed by atoms with van der Waals surface area (Å²) in [6, 6.07) is 26.2. The highest BCUT2D eigenvalue weighted by atomic mass is 32.1. The van der Waals surface area contributed by atoms with E-state index in [9.17, 15) is 9.18 Å². The lowest BCUT2D eigenvalue weighted by Crippen LogP contribution is -2.39. The number of fused-ring (bicyclic) bond motifs is 1. The van der Waals surface area contributed by atoms with Crippen molar-refractivity contribution in [3.63, 3.8) is 0 Å². The molecule has 7 heteroatoms. The summed E-state index contributed by atoms with van der Waals surface area (Å²) in [6.07, 6.45) is 2.65. The minimum atomic E-state index is -0.389. The number of carbonyl (C=O) groups excluding carboxylic acids is 1. The maximum atomic E-state index is 14.0. The van der Waals surface area contributed by atoms with E-state index in [1.165, 1.54) is 12.1 Å². The smallest absolute Gasteiger partial charge is 0.234 e. The largest absolute Gasteiger partial charge is 0.383 e. The molecule has 0 saturated carbocycles. The van der Waals surface area contributed by atoms with Crippen molar-refractivity contribution in [1.29, 1.82) is 0 Å². The van der Waals surface area contributed by atoms with Crippen LogP contribution in [0.2, 0.25) is 0 Å². The van der Waals surface area contributed by atoms with E-state index < -0.39 is 0 Å². The molecule has 0 aliphatic heterocycles. The molecule has 5 nitrogen and oxygen atoms in total. The molecule has 0 bridgehead atoms. The molecular formula is C30H28FN3O2S. The number of halogens is 1. The van der Waals surface area contributed by atoms with Gasteiger partial charge in [-0.25, -0.2) is 9.37 Å². The van der Waals surface area contributed by atoms with Crippen LogP contribution < -0.4 is 0 Å². The van der Waals surface area contributed by atoms with Crippen LogP contribution in [0.15, 0.2) is 96.5 Å². The Kier molecular flexibility index (Phi) is 7.73. The van der Waals surface area contributed by atoms with Gasteiger partial charge in [-0.1, -0.05) is 60.7 Å². The van der Waals surface area contributed by atoms with E-state index in [0.717, 1.165) is 33.0 Å². The number of hydrogen-bond donors (Lipinski definition) is 0. The number of rotatable bonds is 10. The van der Waals surface area contributed by atoms with Gasteiger partial charge in [0.25, 0.3) is 0 Å². The molecule has 0 aliphatic carbocycles. The molecular weight excluding hydrogens is 485 g/mol. The lowest BCUT2D eigenvalue weighted by Gasteiger charge is -2.28. The van der Waals surface area contributed by atoms with Crippen molar-refractivity contribution in [3.05, 3.63) is 119 Å². The highest BCUT2D eigenvalue weighted by molar-refractivity contribution is 7.15. The first kappa shape index (κ1) is 24.9. The van der Waals surface area contributed by atoms with E-state index in [4.69, 9.17) is 9.72 Å². The van der Waals surface area contributed by atoms with Gasteiger partial charge < -0.3 is 9.64 Å². The Labute approximate surface area is 219 Å². The minimum absolute atomic E-state index is 0.0542. The van der Waals surface area contributed by atoms with Gasteiger partial charge >= 0.3 is 0 Å². The molecule has 2 aromatic heterocycles. The van der Waals surface area contributed by atoms with Crippen LogP contribution in [0.25, 0.3) is 16.2 Å². The Balaban J connectivity index is 1.39. The Morgan fingerprint density at radius 3 is 2.24 bits per heavy atom. The molecule has 1 amide bonds. The van der Waals surface area contributed by atoms with Crippen molar-refractivity contribution in [3.8, 4) is 11.3 Å². The molecule has 188 valence electrons. The third kappa shape index (κ3) is 5.63. The molecule has 0 aliphatic rings. The molecule has 0 unspecified atom stereocenters. The predicted octanol–water partition coefficient (Wildman–Crippen LogP) is 6.05. The van der Waals surface area contributed by atoms with Gasteiger partial charge in [0.2, 0.25) is 5.91 Å². The van der Waals surface area contributed by atoms with Crippen LogP contribution in [-0.2, 0) is 16.0 Å². The average molecular weight is 514 g/mol. The number of thiazole rings is 1. The quantitative estimate of drug-likeness (QED) is 0.228. The zero-order valence-electron chi connectivity index (χ0n) is 20.6. The van der Waals surface area contributed by atoms with Crippen molar-refractivity contribution in [2.45, 2.75) is 12.3 Å². The fraction of sp³-hybridized carbons (Fsp3) is 0.200. The van der Waals surface area contributed by atoms with Crippen LogP contribution in [0.4, 0.5) is 4.39 Å². The fourth-order valence-corrected chi connectivity index (χ4v) is 5.41. The lowest BCUT2D eigenvalue weighted by atomic mass is 9.90. The molecule has 0 spiro atoms. The first-order valence-corrected chi connectivity index (χ1v) is 13.1. The second kappa shape index (κ2) is 11.5. The van der Waals surface area contributed by atoms with Crippen molar-refractivity contribution in [2.75, 3.05) is 26.8 Å². The number of aromatic nitrogens is 2. The molecule has 0 atom stereocenters. The first-order chi connectivity index (χ1) is 18.1. The van der Waals surface area contributed by atoms with Crippen LogP contribution in [0.5, 0.6) is 0 Å². The van der Waals surface area contributed by atoms with Gasteiger partial charge in [-0.2, -0.15) is 0 Å². The number of carbonyl (C=O) groups is 1. The topological polar surface area (TPSA) is 46.8 Å². The summed E-state index contributed by atoms with van der Waals surface area (Å²) >= 11 is 1.56. The zero-order chi connectivity index (χ0) is 25.6. The van der Waals surface area contributed by atoms with Gasteiger partial charge in [-0.15, -0.1) is 11.3 Å². The van der Waals surface area contributed by atoms with Gasteiger partial charge in [0, 0.05) is 49.5 Å². The van der Waals surface area contributed by atoms with E-state index in [1.807, 2.05) is 71.8 Å². The predicted molar refractivity (Wildman–Crippen MR) is 145 cm³/mol. The molecule has 0 saturated heterocycles. The first-order valence-electron chi connectivity index (χ1n) is 12.2. The number of hydrogen-bond acceptors (Lipinski definition) is 4. The Morgan fingerprint density at radius 1 is 0.973 bits per heavy atom. The SMILES string of the molecule is COCCN(CCc1csc2nc(-c3ccc(F)cc3)cn12)C(=O)C(c1ccccc1)c1ccccc1. The van der Waals surface area contributed by atoms with Crippen molar-refractivity contribution < 1.29 is 13.9 Å². The third-order valence-electron chi connectivity index (χ3n) is 6.45. The summed E-state index contributed by atoms with van der Waals surface area (Å²) in [6.45, 7) is 1.51. The van der Waals surface area contributed by atoms with E-state index in [0.29, 0.717) is 26.1 Å². The summed E-state index contributed by atoms with van der Waals surface area (Å²) in [5, 5.41) is 2.08. The van der Waals surface area contributed by atoms with E-state index in [2.05, 4.69) is 9.78 Å². The Morgan fingerprint density at radius 2 is 1.62 bits per heavy atom. The Bertz CT molecular complexity index is 1410. The molecule has 0 N–H and O–H groups in total. The maximum absolute atomic E-state index is 14.0. The third-order valence-corrected chi connectivity index (χ3v) is 7.34. The Hall–Kier alpha value is -3.81. The van der Waals surface area contributed by atoms with Crippen molar-refractivity contribution in [1.82, 2.24) is 14.3 Å². The van der Waals surface area contributed by atoms with Gasteiger partial charge in [0.05, 0.1) is 18.2 Å². The van der Waals surface area contributed by atoms with Crippen LogP contribution in [0, 0.1) is 5.82 Å². The molecule has 2 heterocycles. The highest BCUT2D eigenvalue weighted by Crippen LogP contribution is 2.28. The molecule has 5 rings (SSSR count). The van der Waals surface area contributed by atoms with Crippen LogP contribution in [-0.4, -0.2) is 47.0 Å².